The van der Waals surface area contributed by atoms with Gasteiger partial charge in [-0.3, -0.25) is 9.48 Å². The molecule has 0 radical (unpaired) electrons. The maximum Gasteiger partial charge on any atom is 0.248 e. The van der Waals surface area contributed by atoms with Gasteiger partial charge in [0.25, 0.3) is 0 Å². The van der Waals surface area contributed by atoms with Gasteiger partial charge in [-0.15, -0.1) is 0 Å². The zero-order chi connectivity index (χ0) is 10.8. The molecule has 0 N–H and O–H groups in total. The molecule has 0 atom stereocenters. The van der Waals surface area contributed by atoms with E-state index in [1.807, 2.05) is 20.2 Å². The second-order valence-corrected chi connectivity index (χ2v) is 3.64. The summed E-state index contributed by atoms with van der Waals surface area (Å²) in [6.07, 6.45) is 4.93. The zero-order valence-electron chi connectivity index (χ0n) is 8.97. The Balaban J connectivity index is 2.18. The van der Waals surface area contributed by atoms with E-state index in [0.29, 0.717) is 13.0 Å². The second-order valence-electron chi connectivity index (χ2n) is 3.64. The van der Waals surface area contributed by atoms with Gasteiger partial charge in [0.15, 0.2) is 0 Å². The Morgan fingerprint density at radius 2 is 2.33 bits per heavy atom. The van der Waals surface area contributed by atoms with Crippen LogP contribution in [0.1, 0.15) is 25.3 Å². The molecule has 0 saturated carbocycles. The van der Waals surface area contributed by atoms with E-state index in [0.717, 1.165) is 17.7 Å². The molecular weight excluding hydrogens is 192 g/mol. The maximum absolute atomic E-state index is 11.5. The van der Waals surface area contributed by atoms with Gasteiger partial charge in [-0.25, -0.2) is 5.01 Å². The normalized spacial score (nSPS) is 16.0. The third kappa shape index (κ3) is 1.91. The van der Waals surface area contributed by atoms with Gasteiger partial charge >= 0.3 is 0 Å². The molecule has 15 heavy (non-hydrogen) atoms. The summed E-state index contributed by atoms with van der Waals surface area (Å²) < 4.78 is 1.71. The van der Waals surface area contributed by atoms with E-state index in [-0.39, 0.29) is 5.91 Å². The van der Waals surface area contributed by atoms with Crippen molar-refractivity contribution in [3.63, 3.8) is 0 Å². The van der Waals surface area contributed by atoms with Crippen LogP contribution >= 0.6 is 0 Å². The van der Waals surface area contributed by atoms with Crippen LogP contribution in [-0.4, -0.2) is 33.0 Å². The number of carbonyl (C=O) groups is 1. The van der Waals surface area contributed by atoms with Crippen molar-refractivity contribution < 1.29 is 4.79 Å². The molecule has 0 bridgehead atoms. The Morgan fingerprint density at radius 1 is 1.53 bits per heavy atom. The Labute approximate surface area is 88.4 Å². The number of aromatic nitrogens is 2. The summed E-state index contributed by atoms with van der Waals surface area (Å²) in [5.74, 6) is 0.0794. The summed E-state index contributed by atoms with van der Waals surface area (Å²) in [7, 11) is 1.85. The highest BCUT2D eigenvalue weighted by atomic mass is 16.2. The van der Waals surface area contributed by atoms with Gasteiger partial charge in [0.05, 0.1) is 18.3 Å². The van der Waals surface area contributed by atoms with Crippen LogP contribution in [0, 0.1) is 0 Å². The van der Waals surface area contributed by atoms with Gasteiger partial charge in [0, 0.05) is 25.4 Å². The molecule has 0 fully saturated rings. The molecule has 5 nitrogen and oxygen atoms in total. The highest BCUT2D eigenvalue weighted by Crippen LogP contribution is 2.14. The highest BCUT2D eigenvalue weighted by molar-refractivity contribution is 6.13. The number of hydrogen-bond acceptors (Lipinski definition) is 3. The molecule has 1 aromatic heterocycles. The van der Waals surface area contributed by atoms with Crippen LogP contribution in [0.15, 0.2) is 17.5 Å². The van der Waals surface area contributed by atoms with Gasteiger partial charge < -0.3 is 0 Å². The summed E-state index contributed by atoms with van der Waals surface area (Å²) >= 11 is 0. The summed E-state index contributed by atoms with van der Waals surface area (Å²) in [5, 5.41) is 9.90. The minimum Gasteiger partial charge on any atom is -0.275 e. The van der Waals surface area contributed by atoms with Crippen molar-refractivity contribution in [1.82, 2.24) is 14.8 Å². The summed E-state index contributed by atoms with van der Waals surface area (Å²) in [5.41, 5.74) is 1.76. The quantitative estimate of drug-likeness (QED) is 0.733. The van der Waals surface area contributed by atoms with E-state index < -0.39 is 0 Å². The lowest BCUT2D eigenvalue weighted by atomic mass is 10.2. The SMILES string of the molecule is CCCN1N=C(c2cnn(C)c2)CC1=O. The minimum atomic E-state index is 0.0794. The fraction of sp³-hybridized carbons (Fsp3) is 0.500. The van der Waals surface area contributed by atoms with Crippen molar-refractivity contribution in [3.8, 4) is 0 Å². The van der Waals surface area contributed by atoms with Crippen molar-refractivity contribution in [2.45, 2.75) is 19.8 Å². The highest BCUT2D eigenvalue weighted by Gasteiger charge is 2.24. The lowest BCUT2D eigenvalue weighted by Gasteiger charge is -2.08. The van der Waals surface area contributed by atoms with Gasteiger partial charge in [-0.05, 0) is 6.42 Å². The Morgan fingerprint density at radius 3 is 2.93 bits per heavy atom. The van der Waals surface area contributed by atoms with Crippen LogP contribution in [0.5, 0.6) is 0 Å². The van der Waals surface area contributed by atoms with Crippen LogP contribution in [-0.2, 0) is 11.8 Å². The summed E-state index contributed by atoms with van der Waals surface area (Å²) in [6.45, 7) is 2.73. The van der Waals surface area contributed by atoms with Crippen LogP contribution in [0.4, 0.5) is 0 Å². The van der Waals surface area contributed by atoms with E-state index in [1.54, 1.807) is 15.9 Å². The molecule has 1 amide bonds. The van der Waals surface area contributed by atoms with Gasteiger partial charge in [-0.2, -0.15) is 10.2 Å². The van der Waals surface area contributed by atoms with E-state index in [9.17, 15) is 4.79 Å². The molecular formula is C10H14N4O. The molecule has 2 heterocycles. The average Bonchev–Trinajstić information content (AvgIpc) is 2.75. The number of carbonyl (C=O) groups excluding carboxylic acids is 1. The third-order valence-electron chi connectivity index (χ3n) is 2.32. The molecule has 2 rings (SSSR count). The van der Waals surface area contributed by atoms with Gasteiger partial charge in [-0.1, -0.05) is 6.92 Å². The molecule has 5 heteroatoms. The second kappa shape index (κ2) is 3.84. The average molecular weight is 206 g/mol. The number of rotatable bonds is 3. The fourth-order valence-corrected chi connectivity index (χ4v) is 1.59. The van der Waals surface area contributed by atoms with Crippen molar-refractivity contribution in [1.29, 1.82) is 0 Å². The monoisotopic (exact) mass is 206 g/mol. The molecule has 80 valence electrons. The molecule has 0 saturated heterocycles. The lowest BCUT2D eigenvalue weighted by Crippen LogP contribution is -2.21. The first-order valence-electron chi connectivity index (χ1n) is 5.07. The van der Waals surface area contributed by atoms with Crippen LogP contribution < -0.4 is 0 Å². The molecule has 1 aliphatic rings. The van der Waals surface area contributed by atoms with Crippen molar-refractivity contribution in [2.75, 3.05) is 6.54 Å². The first-order chi connectivity index (χ1) is 7.20. The lowest BCUT2D eigenvalue weighted by molar-refractivity contribution is -0.128. The number of aryl methyl sites for hydroxylation is 1. The zero-order valence-corrected chi connectivity index (χ0v) is 8.97. The first kappa shape index (κ1) is 9.89. The Kier molecular flexibility index (Phi) is 2.53. The Bertz CT molecular complexity index is 407. The molecule has 0 unspecified atom stereocenters. The van der Waals surface area contributed by atoms with Crippen molar-refractivity contribution >= 4 is 11.6 Å². The minimum absolute atomic E-state index is 0.0794. The topological polar surface area (TPSA) is 50.5 Å². The predicted molar refractivity (Wildman–Crippen MR) is 56.4 cm³/mol. The smallest absolute Gasteiger partial charge is 0.248 e. The Hall–Kier alpha value is -1.65. The van der Waals surface area contributed by atoms with Crippen LogP contribution in [0.2, 0.25) is 0 Å². The summed E-state index contributed by atoms with van der Waals surface area (Å²) in [6, 6.07) is 0. The van der Waals surface area contributed by atoms with Crippen LogP contribution in [0.3, 0.4) is 0 Å². The standard InChI is InChI=1S/C10H14N4O/c1-3-4-14-10(15)5-9(12-14)8-6-11-13(2)7-8/h6-7H,3-5H2,1-2H3. The largest absolute Gasteiger partial charge is 0.275 e. The van der Waals surface area contributed by atoms with Crippen molar-refractivity contribution in [3.05, 3.63) is 18.0 Å². The number of nitrogens with zero attached hydrogens (tertiary/aromatic N) is 4. The first-order valence-corrected chi connectivity index (χ1v) is 5.07. The van der Waals surface area contributed by atoms with E-state index in [2.05, 4.69) is 10.2 Å². The molecule has 1 aliphatic heterocycles. The van der Waals surface area contributed by atoms with Crippen molar-refractivity contribution in [2.24, 2.45) is 12.1 Å². The molecule has 0 aliphatic carbocycles. The fourth-order valence-electron chi connectivity index (χ4n) is 1.59. The van der Waals surface area contributed by atoms with Crippen LogP contribution in [0.25, 0.3) is 0 Å². The number of hydrazone groups is 1. The van der Waals surface area contributed by atoms with E-state index in [1.165, 1.54) is 0 Å². The third-order valence-corrected chi connectivity index (χ3v) is 2.32. The molecule has 0 aromatic carbocycles. The van der Waals surface area contributed by atoms with Gasteiger partial charge in [0.2, 0.25) is 5.91 Å². The maximum atomic E-state index is 11.5. The number of amides is 1. The molecule has 0 spiro atoms. The number of hydrogen-bond donors (Lipinski definition) is 0. The predicted octanol–water partition coefficient (Wildman–Crippen LogP) is 0.767. The van der Waals surface area contributed by atoms with E-state index >= 15 is 0 Å². The van der Waals surface area contributed by atoms with E-state index in [4.69, 9.17) is 0 Å². The van der Waals surface area contributed by atoms with Gasteiger partial charge in [0.1, 0.15) is 0 Å². The summed E-state index contributed by atoms with van der Waals surface area (Å²) in [4.78, 5) is 11.5. The molecule has 1 aromatic rings.